The number of hydrogen-bond acceptors (Lipinski definition) is 4. The molecule has 0 atom stereocenters. The number of pyridine rings is 2. The molecule has 0 amide bonds. The third-order valence-electron chi connectivity index (χ3n) is 2.11. The van der Waals surface area contributed by atoms with E-state index in [1.807, 2.05) is 0 Å². The smallest absolute Gasteiger partial charge is 0.178 e. The van der Waals surface area contributed by atoms with Crippen molar-refractivity contribution in [1.82, 2.24) is 9.97 Å². The summed E-state index contributed by atoms with van der Waals surface area (Å²) < 4.78 is 0. The number of rotatable bonds is 2. The zero-order chi connectivity index (χ0) is 13.4. The summed E-state index contributed by atoms with van der Waals surface area (Å²) in [5.41, 5.74) is 1.24. The van der Waals surface area contributed by atoms with Crippen LogP contribution in [-0.2, 0) is 0 Å². The molecule has 4 heteroatoms. The van der Waals surface area contributed by atoms with Crippen molar-refractivity contribution in [1.29, 1.82) is 0 Å². The van der Waals surface area contributed by atoms with Crippen molar-refractivity contribution < 1.29 is 9.59 Å². The van der Waals surface area contributed by atoms with E-state index in [1.54, 1.807) is 48.9 Å². The van der Waals surface area contributed by atoms with Crippen LogP contribution in [-0.4, -0.2) is 21.5 Å². The van der Waals surface area contributed by atoms with E-state index in [9.17, 15) is 9.59 Å². The Labute approximate surface area is 106 Å². The van der Waals surface area contributed by atoms with Crippen molar-refractivity contribution >= 4 is 11.6 Å². The van der Waals surface area contributed by atoms with Gasteiger partial charge in [0.2, 0.25) is 0 Å². The lowest BCUT2D eigenvalue weighted by molar-refractivity contribution is 0.100. The average Bonchev–Trinajstić information content (AvgIpc) is 2.41. The van der Waals surface area contributed by atoms with E-state index in [0.717, 1.165) is 0 Å². The molecule has 0 saturated heterocycles. The van der Waals surface area contributed by atoms with Gasteiger partial charge in [0.25, 0.3) is 0 Å². The van der Waals surface area contributed by atoms with Crippen molar-refractivity contribution in [3.05, 3.63) is 60.2 Å². The number of ketones is 2. The number of nitrogens with zero attached hydrogens (tertiary/aromatic N) is 2. The van der Waals surface area contributed by atoms with Gasteiger partial charge in [-0.3, -0.25) is 19.6 Å². The number of aromatic nitrogens is 2. The number of carbonyl (C=O) groups is 2. The molecular weight excluding hydrogens is 228 g/mol. The van der Waals surface area contributed by atoms with Crippen molar-refractivity contribution in [2.45, 2.75) is 13.8 Å². The zero-order valence-electron chi connectivity index (χ0n) is 10.3. The largest absolute Gasteiger partial charge is 0.295 e. The van der Waals surface area contributed by atoms with Crippen LogP contribution in [0.3, 0.4) is 0 Å². The number of Topliss-reactive ketones (excluding diaryl/α,β-unsaturated/α-hetero) is 2. The van der Waals surface area contributed by atoms with Crippen LogP contribution in [0.5, 0.6) is 0 Å². The highest BCUT2D eigenvalue weighted by Crippen LogP contribution is 1.95. The minimum absolute atomic E-state index is 0.00981. The summed E-state index contributed by atoms with van der Waals surface area (Å²) in [4.78, 5) is 28.8. The van der Waals surface area contributed by atoms with Gasteiger partial charge < -0.3 is 0 Å². The highest BCUT2D eigenvalue weighted by molar-refractivity contribution is 5.93. The highest BCUT2D eigenvalue weighted by Gasteiger charge is 1.95. The van der Waals surface area contributed by atoms with Crippen LogP contribution >= 0.6 is 0 Å². The second-order valence-electron chi connectivity index (χ2n) is 3.56. The maximum Gasteiger partial charge on any atom is 0.178 e. The molecule has 4 nitrogen and oxygen atoms in total. The van der Waals surface area contributed by atoms with Crippen LogP contribution in [0, 0.1) is 0 Å². The molecule has 0 fully saturated rings. The molecule has 0 N–H and O–H groups in total. The minimum Gasteiger partial charge on any atom is -0.295 e. The Hall–Kier alpha value is -2.36. The predicted molar refractivity (Wildman–Crippen MR) is 68.5 cm³/mol. The molecule has 0 bridgehead atoms. The molecule has 2 rings (SSSR count). The van der Waals surface area contributed by atoms with E-state index in [-0.39, 0.29) is 11.6 Å². The molecule has 18 heavy (non-hydrogen) atoms. The van der Waals surface area contributed by atoms with Crippen LogP contribution < -0.4 is 0 Å². The maximum atomic E-state index is 10.6. The molecule has 0 spiro atoms. The number of hydrogen-bond donors (Lipinski definition) is 0. The summed E-state index contributed by atoms with van der Waals surface area (Å²) in [5, 5.41) is 0. The van der Waals surface area contributed by atoms with Gasteiger partial charge in [0.1, 0.15) is 5.69 Å². The normalized spacial score (nSPS) is 9.00. The van der Waals surface area contributed by atoms with E-state index < -0.39 is 0 Å². The second kappa shape index (κ2) is 7.06. The third-order valence-corrected chi connectivity index (χ3v) is 2.11. The molecule has 0 aliphatic carbocycles. The van der Waals surface area contributed by atoms with Crippen LogP contribution in [0.2, 0.25) is 0 Å². The van der Waals surface area contributed by atoms with Crippen LogP contribution in [0.25, 0.3) is 0 Å². The fourth-order valence-electron chi connectivity index (χ4n) is 1.16. The highest BCUT2D eigenvalue weighted by atomic mass is 16.1. The molecule has 0 aromatic carbocycles. The molecule has 92 valence electrons. The summed E-state index contributed by atoms with van der Waals surface area (Å²) in [6.45, 7) is 3.04. The van der Waals surface area contributed by atoms with Gasteiger partial charge in [-0.05, 0) is 31.2 Å². The van der Waals surface area contributed by atoms with Crippen LogP contribution in [0.1, 0.15) is 34.7 Å². The van der Waals surface area contributed by atoms with Gasteiger partial charge in [0, 0.05) is 31.1 Å². The maximum absolute atomic E-state index is 10.6. The SMILES string of the molecule is CC(=O)c1ccccn1.CC(=O)c1ccncc1. The molecule has 2 heterocycles. The minimum atomic E-state index is 0.00981. The van der Waals surface area contributed by atoms with E-state index >= 15 is 0 Å². The second-order valence-corrected chi connectivity index (χ2v) is 3.56. The summed E-state index contributed by atoms with van der Waals surface area (Å²) >= 11 is 0. The monoisotopic (exact) mass is 242 g/mol. The quantitative estimate of drug-likeness (QED) is 0.759. The summed E-state index contributed by atoms with van der Waals surface area (Å²) in [7, 11) is 0. The standard InChI is InChI=1S/2C7H7NO/c1-6(9)7-2-4-8-5-3-7;1-6(9)7-4-2-3-5-8-7/h2*2-5H,1H3. The van der Waals surface area contributed by atoms with Crippen molar-refractivity contribution in [3.63, 3.8) is 0 Å². The first-order valence-electron chi connectivity index (χ1n) is 5.44. The van der Waals surface area contributed by atoms with Crippen molar-refractivity contribution in [3.8, 4) is 0 Å². The lowest BCUT2D eigenvalue weighted by Crippen LogP contribution is -1.93. The van der Waals surface area contributed by atoms with E-state index in [1.165, 1.54) is 13.8 Å². The van der Waals surface area contributed by atoms with Gasteiger partial charge in [0.05, 0.1) is 0 Å². The Balaban J connectivity index is 0.000000180. The molecule has 0 unspecified atom stereocenters. The Morgan fingerprint density at radius 1 is 0.889 bits per heavy atom. The average molecular weight is 242 g/mol. The van der Waals surface area contributed by atoms with Crippen LogP contribution in [0.4, 0.5) is 0 Å². The summed E-state index contributed by atoms with van der Waals surface area (Å²) in [6, 6.07) is 8.67. The topological polar surface area (TPSA) is 59.9 Å². The fourth-order valence-corrected chi connectivity index (χ4v) is 1.16. The Morgan fingerprint density at radius 3 is 1.89 bits per heavy atom. The Morgan fingerprint density at radius 2 is 1.56 bits per heavy atom. The Bertz CT molecular complexity index is 460. The molecule has 0 saturated carbocycles. The fraction of sp³-hybridized carbons (Fsp3) is 0.143. The summed E-state index contributed by atoms with van der Waals surface area (Å²) in [5.74, 6) is 0.0907. The van der Waals surface area contributed by atoms with Gasteiger partial charge in [0.15, 0.2) is 11.6 Å². The van der Waals surface area contributed by atoms with Crippen molar-refractivity contribution in [2.24, 2.45) is 0 Å². The third kappa shape index (κ3) is 4.65. The first-order valence-corrected chi connectivity index (χ1v) is 5.44. The van der Waals surface area contributed by atoms with E-state index in [4.69, 9.17) is 0 Å². The Kier molecular flexibility index (Phi) is 5.38. The van der Waals surface area contributed by atoms with E-state index in [2.05, 4.69) is 9.97 Å². The van der Waals surface area contributed by atoms with Gasteiger partial charge in [-0.15, -0.1) is 0 Å². The first-order chi connectivity index (χ1) is 8.61. The molecule has 2 aromatic heterocycles. The molecule has 0 radical (unpaired) electrons. The van der Waals surface area contributed by atoms with Gasteiger partial charge in [-0.25, -0.2) is 0 Å². The lowest BCUT2D eigenvalue weighted by Gasteiger charge is -1.88. The number of carbonyl (C=O) groups excluding carboxylic acids is 2. The predicted octanol–water partition coefficient (Wildman–Crippen LogP) is 2.57. The summed E-state index contributed by atoms with van der Waals surface area (Å²) in [6.07, 6.45) is 4.82. The molecular formula is C14H14N2O2. The molecule has 2 aromatic rings. The lowest BCUT2D eigenvalue weighted by atomic mass is 10.2. The first kappa shape index (κ1) is 13.7. The molecule has 0 aliphatic heterocycles. The van der Waals surface area contributed by atoms with E-state index in [0.29, 0.717) is 11.3 Å². The van der Waals surface area contributed by atoms with Gasteiger partial charge in [-0.1, -0.05) is 6.07 Å². The van der Waals surface area contributed by atoms with Gasteiger partial charge >= 0.3 is 0 Å². The molecule has 0 aliphatic rings. The zero-order valence-corrected chi connectivity index (χ0v) is 10.3. The van der Waals surface area contributed by atoms with Crippen LogP contribution in [0.15, 0.2) is 48.9 Å². The van der Waals surface area contributed by atoms with Crippen molar-refractivity contribution in [2.75, 3.05) is 0 Å². The van der Waals surface area contributed by atoms with Gasteiger partial charge in [-0.2, -0.15) is 0 Å².